The molecule has 29 heavy (non-hydrogen) atoms. The maximum absolute atomic E-state index is 9.98. The summed E-state index contributed by atoms with van der Waals surface area (Å²) >= 11 is 8.02. The highest BCUT2D eigenvalue weighted by Gasteiger charge is 2.12. The van der Waals surface area contributed by atoms with Gasteiger partial charge in [-0.2, -0.15) is 0 Å². The Kier molecular flexibility index (Phi) is 8.03. The van der Waals surface area contributed by atoms with Gasteiger partial charge in [0.05, 0.1) is 11.1 Å². The Hall–Kier alpha value is -1.96. The normalized spacial score (nSPS) is 12.3. The number of benzene rings is 2. The fourth-order valence-electron chi connectivity index (χ4n) is 3.13. The smallest absolute Gasteiger partial charge is 0.124 e. The lowest BCUT2D eigenvalue weighted by atomic mass is 10.1. The number of aliphatic hydroxyl groups excluding tert-OH is 1. The number of hydrogen-bond acceptors (Lipinski definition) is 6. The average molecular weight is 432 g/mol. The molecule has 0 bridgehead atoms. The summed E-state index contributed by atoms with van der Waals surface area (Å²) in [6.45, 7) is 2.28. The van der Waals surface area contributed by atoms with E-state index in [1.165, 1.54) is 0 Å². The number of nitrogens with one attached hydrogen (secondary N) is 1. The number of rotatable bonds is 10. The molecule has 1 heterocycles. The van der Waals surface area contributed by atoms with Crippen LogP contribution in [0.2, 0.25) is 5.02 Å². The second-order valence-corrected chi connectivity index (χ2v) is 8.26. The van der Waals surface area contributed by atoms with Crippen LogP contribution >= 0.6 is 22.9 Å². The van der Waals surface area contributed by atoms with Crippen molar-refractivity contribution < 1.29 is 9.84 Å². The standard InChI is InChI=1S/C22H26ClN3O2S/c1-24-12-18(27)14-26(2)13-17-5-3-4-6-21(17)28-15-16-7-8-19(20(23)11-16)22-25-9-10-29-22/h3-11,18,24,27H,12-15H2,1-2H3/t18-/m1/s1. The molecule has 0 spiro atoms. The summed E-state index contributed by atoms with van der Waals surface area (Å²) in [5.41, 5.74) is 3.02. The molecule has 0 fully saturated rings. The molecule has 3 rings (SSSR count). The first-order valence-electron chi connectivity index (χ1n) is 9.47. The van der Waals surface area contributed by atoms with Gasteiger partial charge in [-0.25, -0.2) is 4.98 Å². The molecule has 5 nitrogen and oxygen atoms in total. The Bertz CT molecular complexity index is 905. The van der Waals surface area contributed by atoms with Crippen molar-refractivity contribution >= 4 is 22.9 Å². The van der Waals surface area contributed by atoms with Gasteiger partial charge in [-0.05, 0) is 31.8 Å². The molecule has 0 aliphatic carbocycles. The van der Waals surface area contributed by atoms with Gasteiger partial charge in [-0.15, -0.1) is 11.3 Å². The minimum atomic E-state index is -0.406. The minimum Gasteiger partial charge on any atom is -0.489 e. The molecule has 154 valence electrons. The maximum Gasteiger partial charge on any atom is 0.124 e. The van der Waals surface area contributed by atoms with Crippen molar-refractivity contribution in [3.05, 3.63) is 70.2 Å². The number of nitrogens with zero attached hydrogens (tertiary/aromatic N) is 2. The van der Waals surface area contributed by atoms with Crippen LogP contribution in [0, 0.1) is 0 Å². The second kappa shape index (κ2) is 10.7. The molecule has 2 aromatic carbocycles. The molecule has 0 unspecified atom stereocenters. The number of aromatic nitrogens is 1. The van der Waals surface area contributed by atoms with Crippen LogP contribution in [0.1, 0.15) is 11.1 Å². The Morgan fingerprint density at radius 1 is 1.28 bits per heavy atom. The summed E-state index contributed by atoms with van der Waals surface area (Å²) in [6.07, 6.45) is 1.37. The number of halogens is 1. The van der Waals surface area contributed by atoms with E-state index in [1.54, 1.807) is 17.5 Å². The summed E-state index contributed by atoms with van der Waals surface area (Å²) in [4.78, 5) is 6.41. The summed E-state index contributed by atoms with van der Waals surface area (Å²) < 4.78 is 6.09. The number of thiazole rings is 1. The van der Waals surface area contributed by atoms with Crippen molar-refractivity contribution in [3.8, 4) is 16.3 Å². The topological polar surface area (TPSA) is 57.6 Å². The monoisotopic (exact) mass is 431 g/mol. The molecule has 2 N–H and O–H groups in total. The van der Waals surface area contributed by atoms with E-state index >= 15 is 0 Å². The number of aliphatic hydroxyl groups is 1. The number of likely N-dealkylation sites (N-methyl/N-ethyl adjacent to an activating group) is 2. The van der Waals surface area contributed by atoms with Crippen LogP contribution < -0.4 is 10.1 Å². The van der Waals surface area contributed by atoms with E-state index in [-0.39, 0.29) is 0 Å². The van der Waals surface area contributed by atoms with Crippen LogP contribution in [-0.4, -0.2) is 48.3 Å². The lowest BCUT2D eigenvalue weighted by molar-refractivity contribution is 0.122. The van der Waals surface area contributed by atoms with Gasteiger partial charge in [0.25, 0.3) is 0 Å². The Morgan fingerprint density at radius 2 is 2.10 bits per heavy atom. The molecule has 1 aromatic heterocycles. The van der Waals surface area contributed by atoms with Crippen molar-refractivity contribution in [1.82, 2.24) is 15.2 Å². The van der Waals surface area contributed by atoms with E-state index in [1.807, 2.05) is 55.9 Å². The predicted octanol–water partition coefficient (Wildman–Crippen LogP) is 4.05. The molecule has 0 amide bonds. The number of ether oxygens (including phenoxy) is 1. The Morgan fingerprint density at radius 3 is 2.83 bits per heavy atom. The summed E-state index contributed by atoms with van der Waals surface area (Å²) in [6, 6.07) is 13.9. The highest BCUT2D eigenvalue weighted by molar-refractivity contribution is 7.13. The third kappa shape index (κ3) is 6.26. The number of para-hydroxylation sites is 1. The van der Waals surface area contributed by atoms with Gasteiger partial charge in [0, 0.05) is 42.3 Å². The second-order valence-electron chi connectivity index (χ2n) is 6.96. The van der Waals surface area contributed by atoms with Gasteiger partial charge in [-0.1, -0.05) is 41.9 Å². The molecule has 0 saturated carbocycles. The zero-order valence-corrected chi connectivity index (χ0v) is 18.2. The van der Waals surface area contributed by atoms with Gasteiger partial charge in [0.15, 0.2) is 0 Å². The fourth-order valence-corrected chi connectivity index (χ4v) is 4.16. The van der Waals surface area contributed by atoms with Crippen molar-refractivity contribution in [2.75, 3.05) is 27.2 Å². The van der Waals surface area contributed by atoms with Crippen LogP contribution in [-0.2, 0) is 13.2 Å². The van der Waals surface area contributed by atoms with Crippen molar-refractivity contribution in [2.24, 2.45) is 0 Å². The van der Waals surface area contributed by atoms with Crippen molar-refractivity contribution in [1.29, 1.82) is 0 Å². The van der Waals surface area contributed by atoms with E-state index < -0.39 is 6.10 Å². The first-order chi connectivity index (χ1) is 14.1. The Labute approximate surface area is 180 Å². The van der Waals surface area contributed by atoms with Crippen LogP contribution in [0.25, 0.3) is 10.6 Å². The Balaban J connectivity index is 1.63. The zero-order valence-electron chi connectivity index (χ0n) is 16.6. The SMILES string of the molecule is CNC[C@@H](O)CN(C)Cc1ccccc1OCc1ccc(-c2nccs2)c(Cl)c1. The molecule has 0 aliphatic heterocycles. The molecule has 1 atom stereocenters. The van der Waals surface area contributed by atoms with E-state index in [2.05, 4.69) is 21.3 Å². The first kappa shape index (κ1) is 21.7. The zero-order chi connectivity index (χ0) is 20.6. The quantitative estimate of drug-likeness (QED) is 0.507. The molecule has 0 radical (unpaired) electrons. The molecule has 3 aromatic rings. The summed E-state index contributed by atoms with van der Waals surface area (Å²) in [5, 5.41) is 16.5. The average Bonchev–Trinajstić information content (AvgIpc) is 3.22. The number of hydrogen-bond donors (Lipinski definition) is 2. The predicted molar refractivity (Wildman–Crippen MR) is 120 cm³/mol. The molecule has 7 heteroatoms. The lowest BCUT2D eigenvalue weighted by Gasteiger charge is -2.22. The first-order valence-corrected chi connectivity index (χ1v) is 10.7. The van der Waals surface area contributed by atoms with E-state index in [0.29, 0.717) is 31.3 Å². The third-order valence-corrected chi connectivity index (χ3v) is 5.58. The van der Waals surface area contributed by atoms with Crippen LogP contribution in [0.3, 0.4) is 0 Å². The van der Waals surface area contributed by atoms with Gasteiger partial charge in [-0.3, -0.25) is 4.90 Å². The van der Waals surface area contributed by atoms with Crippen molar-refractivity contribution in [3.63, 3.8) is 0 Å². The van der Waals surface area contributed by atoms with E-state index in [4.69, 9.17) is 16.3 Å². The molecule has 0 saturated heterocycles. The largest absolute Gasteiger partial charge is 0.489 e. The lowest BCUT2D eigenvalue weighted by Crippen LogP contribution is -2.35. The van der Waals surface area contributed by atoms with Crippen molar-refractivity contribution in [2.45, 2.75) is 19.3 Å². The third-order valence-electron chi connectivity index (χ3n) is 4.47. The van der Waals surface area contributed by atoms with Crippen LogP contribution in [0.15, 0.2) is 54.0 Å². The van der Waals surface area contributed by atoms with Gasteiger partial charge >= 0.3 is 0 Å². The van der Waals surface area contributed by atoms with Gasteiger partial charge in [0.1, 0.15) is 17.4 Å². The summed E-state index contributed by atoms with van der Waals surface area (Å²) in [5.74, 6) is 0.836. The van der Waals surface area contributed by atoms with Crippen LogP contribution in [0.4, 0.5) is 0 Å². The van der Waals surface area contributed by atoms with Gasteiger partial charge in [0.2, 0.25) is 0 Å². The van der Waals surface area contributed by atoms with E-state index in [9.17, 15) is 5.11 Å². The van der Waals surface area contributed by atoms with Gasteiger partial charge < -0.3 is 15.2 Å². The highest BCUT2D eigenvalue weighted by Crippen LogP contribution is 2.30. The summed E-state index contributed by atoms with van der Waals surface area (Å²) in [7, 11) is 3.83. The molecular formula is C22H26ClN3O2S. The molecule has 0 aliphatic rings. The van der Waals surface area contributed by atoms with E-state index in [0.717, 1.165) is 27.4 Å². The highest BCUT2D eigenvalue weighted by atomic mass is 35.5. The fraction of sp³-hybridized carbons (Fsp3) is 0.318. The minimum absolute atomic E-state index is 0.406. The van der Waals surface area contributed by atoms with Crippen LogP contribution in [0.5, 0.6) is 5.75 Å². The molecular weight excluding hydrogens is 406 g/mol. The maximum atomic E-state index is 9.98.